The number of hydrogen-bond donors (Lipinski definition) is 0. The zero-order valence-electron chi connectivity index (χ0n) is 10.1. The van der Waals surface area contributed by atoms with Gasteiger partial charge in [-0.1, -0.05) is 41.1 Å². The van der Waals surface area contributed by atoms with Crippen molar-refractivity contribution in [1.82, 2.24) is 0 Å². The maximum absolute atomic E-state index is 7.21. The van der Waals surface area contributed by atoms with E-state index in [2.05, 4.69) is 38.7 Å². The third kappa shape index (κ3) is 2.63. The van der Waals surface area contributed by atoms with Crippen LogP contribution in [-0.4, -0.2) is 18.4 Å². The molecule has 0 amide bonds. The standard InChI is InChI=1S/C14H17BrN2/c1-14(11-15)7-9-17(10-8-14)13-6-4-3-5-12(13)16-2/h3-6H,7-11H2,1H3. The van der Waals surface area contributed by atoms with Crippen molar-refractivity contribution in [3.63, 3.8) is 0 Å². The van der Waals surface area contributed by atoms with Gasteiger partial charge >= 0.3 is 0 Å². The van der Waals surface area contributed by atoms with E-state index in [4.69, 9.17) is 6.57 Å². The van der Waals surface area contributed by atoms with Crippen LogP contribution in [0.2, 0.25) is 0 Å². The van der Waals surface area contributed by atoms with E-state index in [1.807, 2.05) is 18.2 Å². The molecule has 0 radical (unpaired) electrons. The van der Waals surface area contributed by atoms with Crippen LogP contribution in [0.15, 0.2) is 24.3 Å². The van der Waals surface area contributed by atoms with Crippen LogP contribution in [0.25, 0.3) is 4.85 Å². The summed E-state index contributed by atoms with van der Waals surface area (Å²) in [7, 11) is 0. The van der Waals surface area contributed by atoms with E-state index in [0.717, 1.165) is 29.8 Å². The molecule has 0 aromatic heterocycles. The van der Waals surface area contributed by atoms with E-state index in [0.29, 0.717) is 5.41 Å². The molecule has 17 heavy (non-hydrogen) atoms. The summed E-state index contributed by atoms with van der Waals surface area (Å²) in [5, 5.41) is 1.07. The van der Waals surface area contributed by atoms with Crippen molar-refractivity contribution in [1.29, 1.82) is 0 Å². The first-order chi connectivity index (χ1) is 8.18. The number of anilines is 1. The quantitative estimate of drug-likeness (QED) is 0.584. The number of benzene rings is 1. The largest absolute Gasteiger partial charge is 0.380 e. The monoisotopic (exact) mass is 292 g/mol. The van der Waals surface area contributed by atoms with Crippen LogP contribution in [-0.2, 0) is 0 Å². The summed E-state index contributed by atoms with van der Waals surface area (Å²) in [5.41, 5.74) is 2.29. The molecule has 3 heteroatoms. The number of piperidine rings is 1. The predicted molar refractivity (Wildman–Crippen MR) is 76.1 cm³/mol. The van der Waals surface area contributed by atoms with Crippen molar-refractivity contribution < 1.29 is 0 Å². The highest BCUT2D eigenvalue weighted by atomic mass is 79.9. The van der Waals surface area contributed by atoms with Gasteiger partial charge in [0.1, 0.15) is 0 Å². The third-order valence-electron chi connectivity index (χ3n) is 3.64. The van der Waals surface area contributed by atoms with Crippen LogP contribution in [0.4, 0.5) is 11.4 Å². The highest BCUT2D eigenvalue weighted by Gasteiger charge is 2.29. The Labute approximate surface area is 112 Å². The Bertz CT molecular complexity index is 428. The fraction of sp³-hybridized carbons (Fsp3) is 0.500. The fourth-order valence-corrected chi connectivity index (χ4v) is 2.81. The maximum Gasteiger partial charge on any atom is 0.209 e. The highest BCUT2D eigenvalue weighted by molar-refractivity contribution is 9.09. The smallest absolute Gasteiger partial charge is 0.209 e. The molecular weight excluding hydrogens is 276 g/mol. The molecular formula is C14H17BrN2. The summed E-state index contributed by atoms with van der Waals surface area (Å²) in [6.07, 6.45) is 2.37. The van der Waals surface area contributed by atoms with Crippen molar-refractivity contribution in [2.45, 2.75) is 19.8 Å². The average molecular weight is 293 g/mol. The van der Waals surface area contributed by atoms with Crippen molar-refractivity contribution in [3.8, 4) is 0 Å². The number of rotatable bonds is 2. The summed E-state index contributed by atoms with van der Waals surface area (Å²) in [4.78, 5) is 5.95. The Morgan fingerprint density at radius 1 is 1.35 bits per heavy atom. The van der Waals surface area contributed by atoms with Crippen molar-refractivity contribution in [2.24, 2.45) is 5.41 Å². The van der Waals surface area contributed by atoms with E-state index in [1.165, 1.54) is 12.8 Å². The first-order valence-electron chi connectivity index (χ1n) is 5.96. The van der Waals surface area contributed by atoms with Crippen molar-refractivity contribution in [3.05, 3.63) is 35.7 Å². The maximum atomic E-state index is 7.21. The van der Waals surface area contributed by atoms with E-state index in [-0.39, 0.29) is 0 Å². The molecule has 1 aromatic carbocycles. The van der Waals surface area contributed by atoms with E-state index in [9.17, 15) is 0 Å². The lowest BCUT2D eigenvalue weighted by Crippen LogP contribution is -2.39. The Balaban J connectivity index is 2.14. The molecule has 1 aliphatic heterocycles. The Hall–Kier alpha value is -1.01. The molecule has 0 atom stereocenters. The van der Waals surface area contributed by atoms with Crippen LogP contribution in [0, 0.1) is 12.0 Å². The van der Waals surface area contributed by atoms with Crippen LogP contribution in [0.3, 0.4) is 0 Å². The topological polar surface area (TPSA) is 7.60 Å². The van der Waals surface area contributed by atoms with Gasteiger partial charge in [-0.25, -0.2) is 4.85 Å². The SMILES string of the molecule is [C-]#[N+]c1ccccc1N1CCC(C)(CBr)CC1. The number of alkyl halides is 1. The number of hydrogen-bond acceptors (Lipinski definition) is 1. The molecule has 0 saturated carbocycles. The third-order valence-corrected chi connectivity index (χ3v) is 4.99. The number of nitrogens with zero attached hydrogens (tertiary/aromatic N) is 2. The van der Waals surface area contributed by atoms with Crippen LogP contribution in [0.5, 0.6) is 0 Å². The van der Waals surface area contributed by atoms with Gasteiger partial charge in [0, 0.05) is 24.1 Å². The van der Waals surface area contributed by atoms with Gasteiger partial charge < -0.3 is 4.90 Å². The molecule has 1 heterocycles. The molecule has 1 aromatic rings. The predicted octanol–water partition coefficient (Wildman–Crippen LogP) is 4.24. The summed E-state index contributed by atoms with van der Waals surface area (Å²) < 4.78 is 0. The molecule has 90 valence electrons. The van der Waals surface area contributed by atoms with Crippen LogP contribution < -0.4 is 4.90 Å². The first kappa shape index (κ1) is 12.4. The summed E-state index contributed by atoms with van der Waals surface area (Å²) in [6, 6.07) is 7.91. The van der Waals surface area contributed by atoms with Crippen LogP contribution >= 0.6 is 15.9 Å². The van der Waals surface area contributed by atoms with E-state index >= 15 is 0 Å². The van der Waals surface area contributed by atoms with E-state index < -0.39 is 0 Å². The molecule has 2 nitrogen and oxygen atoms in total. The molecule has 1 fully saturated rings. The lowest BCUT2D eigenvalue weighted by molar-refractivity contribution is 0.289. The van der Waals surface area contributed by atoms with Crippen molar-refractivity contribution in [2.75, 3.05) is 23.3 Å². The first-order valence-corrected chi connectivity index (χ1v) is 7.08. The lowest BCUT2D eigenvalue weighted by atomic mass is 9.82. The van der Waals surface area contributed by atoms with Gasteiger partial charge in [-0.05, 0) is 24.3 Å². The minimum absolute atomic E-state index is 0.420. The number of halogens is 1. The summed E-state index contributed by atoms with van der Waals surface area (Å²) in [5.74, 6) is 0. The molecule has 0 aliphatic carbocycles. The number of para-hydroxylation sites is 2. The van der Waals surface area contributed by atoms with Crippen molar-refractivity contribution >= 4 is 27.3 Å². The van der Waals surface area contributed by atoms with Gasteiger partial charge in [-0.15, -0.1) is 0 Å². The second-order valence-corrected chi connectivity index (χ2v) is 5.59. The Kier molecular flexibility index (Phi) is 3.73. The van der Waals surface area contributed by atoms with Gasteiger partial charge in [0.05, 0.1) is 6.57 Å². The molecule has 2 rings (SSSR count). The second kappa shape index (κ2) is 5.10. The van der Waals surface area contributed by atoms with E-state index in [1.54, 1.807) is 0 Å². The van der Waals surface area contributed by atoms with Gasteiger partial charge in [0.15, 0.2) is 0 Å². The van der Waals surface area contributed by atoms with Crippen LogP contribution in [0.1, 0.15) is 19.8 Å². The fourth-order valence-electron chi connectivity index (χ4n) is 2.25. The highest BCUT2D eigenvalue weighted by Crippen LogP contribution is 2.37. The average Bonchev–Trinajstić information content (AvgIpc) is 2.40. The zero-order chi connectivity index (χ0) is 12.3. The van der Waals surface area contributed by atoms with Gasteiger partial charge in [-0.3, -0.25) is 0 Å². The van der Waals surface area contributed by atoms with Gasteiger partial charge in [-0.2, -0.15) is 0 Å². The Morgan fingerprint density at radius 3 is 2.59 bits per heavy atom. The normalized spacial score (nSPS) is 18.8. The lowest BCUT2D eigenvalue weighted by Gasteiger charge is -2.40. The molecule has 0 N–H and O–H groups in total. The summed E-state index contributed by atoms with van der Waals surface area (Å²) >= 11 is 3.60. The summed E-state index contributed by atoms with van der Waals surface area (Å²) in [6.45, 7) is 11.6. The van der Waals surface area contributed by atoms with Gasteiger partial charge in [0.25, 0.3) is 0 Å². The Morgan fingerprint density at radius 2 is 2.00 bits per heavy atom. The minimum Gasteiger partial charge on any atom is -0.380 e. The second-order valence-electron chi connectivity index (χ2n) is 5.03. The minimum atomic E-state index is 0.420. The molecule has 0 bridgehead atoms. The molecule has 1 saturated heterocycles. The zero-order valence-corrected chi connectivity index (χ0v) is 11.7. The molecule has 1 aliphatic rings. The molecule has 0 unspecified atom stereocenters. The van der Waals surface area contributed by atoms with Gasteiger partial charge in [0.2, 0.25) is 5.69 Å². The molecule has 0 spiro atoms.